The molecular weight excluding hydrogens is 322 g/mol. The van der Waals surface area contributed by atoms with Crippen molar-refractivity contribution in [1.82, 2.24) is 9.62 Å². The first kappa shape index (κ1) is 19.0. The summed E-state index contributed by atoms with van der Waals surface area (Å²) in [5.74, 6) is 0.644. The molecule has 22 heavy (non-hydrogen) atoms. The van der Waals surface area contributed by atoms with Gasteiger partial charge in [-0.3, -0.25) is 4.79 Å². The van der Waals surface area contributed by atoms with Crippen LogP contribution >= 0.6 is 11.8 Å². The zero-order valence-corrected chi connectivity index (χ0v) is 14.7. The molecule has 1 aromatic rings. The molecule has 0 fully saturated rings. The number of carbonyl (C=O) groups is 1. The molecule has 0 aliphatic rings. The second-order valence-corrected chi connectivity index (χ2v) is 8.17. The van der Waals surface area contributed by atoms with Gasteiger partial charge in [-0.05, 0) is 36.1 Å². The first-order chi connectivity index (χ1) is 10.3. The zero-order valence-electron chi connectivity index (χ0n) is 13.1. The van der Waals surface area contributed by atoms with E-state index in [0.717, 1.165) is 15.6 Å². The summed E-state index contributed by atoms with van der Waals surface area (Å²) in [5, 5.41) is 2.76. The quantitative estimate of drug-likeness (QED) is 0.721. The zero-order chi connectivity index (χ0) is 16.8. The molecule has 3 N–H and O–H groups in total. The van der Waals surface area contributed by atoms with Gasteiger partial charge in [0.1, 0.15) is 0 Å². The van der Waals surface area contributed by atoms with Gasteiger partial charge in [0.25, 0.3) is 0 Å². The highest BCUT2D eigenvalue weighted by molar-refractivity contribution is 7.98. The lowest BCUT2D eigenvalue weighted by Crippen LogP contribution is -2.40. The number of amides is 1. The maximum absolute atomic E-state index is 11.9. The summed E-state index contributed by atoms with van der Waals surface area (Å²) >= 11 is 1.65. The molecule has 0 heterocycles. The van der Waals surface area contributed by atoms with Crippen molar-refractivity contribution >= 4 is 27.7 Å². The molecule has 0 spiro atoms. The third-order valence-corrected chi connectivity index (χ3v) is 5.61. The Bertz CT molecular complexity index is 586. The van der Waals surface area contributed by atoms with Gasteiger partial charge in [0.15, 0.2) is 0 Å². The number of sulfonamides is 1. The minimum atomic E-state index is -3.42. The summed E-state index contributed by atoms with van der Waals surface area (Å²) in [5.41, 5.74) is 6.59. The molecule has 0 unspecified atom stereocenters. The highest BCUT2D eigenvalue weighted by Gasteiger charge is 2.17. The summed E-state index contributed by atoms with van der Waals surface area (Å²) in [6.45, 7) is 0.327. The van der Waals surface area contributed by atoms with Crippen molar-refractivity contribution in [2.75, 3.05) is 26.1 Å². The number of carbonyl (C=O) groups excluding carboxylic acids is 1. The Kier molecular flexibility index (Phi) is 7.34. The van der Waals surface area contributed by atoms with Crippen LogP contribution in [0.3, 0.4) is 0 Å². The second-order valence-electron chi connectivity index (χ2n) is 5.04. The molecule has 0 aliphatic heterocycles. The molecule has 124 valence electrons. The van der Waals surface area contributed by atoms with E-state index in [1.54, 1.807) is 23.9 Å². The molecular formula is C14H23N3O3S2. The van der Waals surface area contributed by atoms with Crippen molar-refractivity contribution in [3.63, 3.8) is 0 Å². The van der Waals surface area contributed by atoms with Crippen molar-refractivity contribution in [3.05, 3.63) is 29.8 Å². The van der Waals surface area contributed by atoms with Gasteiger partial charge in [-0.1, -0.05) is 12.1 Å². The van der Waals surface area contributed by atoms with Crippen LogP contribution in [0.2, 0.25) is 0 Å². The third kappa shape index (κ3) is 5.28. The minimum Gasteiger partial charge on any atom is -0.351 e. The first-order valence-corrected chi connectivity index (χ1v) is 9.66. The van der Waals surface area contributed by atoms with Crippen LogP contribution in [-0.4, -0.2) is 50.8 Å². The number of hydrogen-bond donors (Lipinski definition) is 2. The SMILES string of the molecule is CSCC[C@H](N)C(=O)NCc1ccc(S(=O)(=O)N(C)C)cc1. The van der Waals surface area contributed by atoms with Gasteiger partial charge in [0, 0.05) is 20.6 Å². The Balaban J connectivity index is 2.60. The summed E-state index contributed by atoms with van der Waals surface area (Å²) in [6, 6.07) is 5.92. The second kappa shape index (κ2) is 8.52. The fourth-order valence-electron chi connectivity index (χ4n) is 1.69. The van der Waals surface area contributed by atoms with Crippen molar-refractivity contribution in [2.24, 2.45) is 5.73 Å². The molecule has 0 aliphatic carbocycles. The summed E-state index contributed by atoms with van der Waals surface area (Å²) in [6.07, 6.45) is 2.60. The van der Waals surface area contributed by atoms with Crippen LogP contribution < -0.4 is 11.1 Å². The summed E-state index contributed by atoms with van der Waals surface area (Å²) < 4.78 is 25.0. The number of nitrogens with one attached hydrogen (secondary N) is 1. The Morgan fingerprint density at radius 3 is 2.41 bits per heavy atom. The number of hydrogen-bond acceptors (Lipinski definition) is 5. The molecule has 8 heteroatoms. The fourth-order valence-corrected chi connectivity index (χ4v) is 3.08. The molecule has 1 atom stereocenters. The van der Waals surface area contributed by atoms with Gasteiger partial charge in [-0.2, -0.15) is 11.8 Å². The minimum absolute atomic E-state index is 0.195. The molecule has 0 bridgehead atoms. The molecule has 1 rings (SSSR count). The smallest absolute Gasteiger partial charge is 0.242 e. The number of rotatable bonds is 8. The van der Waals surface area contributed by atoms with Crippen molar-refractivity contribution in [2.45, 2.75) is 23.9 Å². The van der Waals surface area contributed by atoms with E-state index in [-0.39, 0.29) is 10.8 Å². The van der Waals surface area contributed by atoms with Crippen molar-refractivity contribution < 1.29 is 13.2 Å². The lowest BCUT2D eigenvalue weighted by Gasteiger charge is -2.13. The van der Waals surface area contributed by atoms with E-state index in [4.69, 9.17) is 5.73 Å². The third-order valence-electron chi connectivity index (χ3n) is 3.14. The molecule has 6 nitrogen and oxygen atoms in total. The average Bonchev–Trinajstić information content (AvgIpc) is 2.50. The molecule has 1 amide bonds. The van der Waals surface area contributed by atoms with Gasteiger partial charge < -0.3 is 11.1 Å². The Labute approximate surface area is 136 Å². The van der Waals surface area contributed by atoms with Crippen LogP contribution in [0.4, 0.5) is 0 Å². The normalized spacial score (nSPS) is 13.1. The molecule has 0 saturated carbocycles. The first-order valence-electron chi connectivity index (χ1n) is 6.82. The van der Waals surface area contributed by atoms with Gasteiger partial charge in [0.2, 0.25) is 15.9 Å². The van der Waals surface area contributed by atoms with Crippen LogP contribution in [-0.2, 0) is 21.4 Å². The lowest BCUT2D eigenvalue weighted by molar-refractivity contribution is -0.122. The van der Waals surface area contributed by atoms with Gasteiger partial charge in [0.05, 0.1) is 10.9 Å². The number of thioether (sulfide) groups is 1. The molecule has 0 saturated heterocycles. The van der Waals surface area contributed by atoms with Crippen LogP contribution in [0.25, 0.3) is 0 Å². The van der Waals surface area contributed by atoms with Crippen molar-refractivity contribution in [1.29, 1.82) is 0 Å². The van der Waals surface area contributed by atoms with E-state index >= 15 is 0 Å². The predicted octanol–water partition coefficient (Wildman–Crippen LogP) is 0.634. The highest BCUT2D eigenvalue weighted by Crippen LogP contribution is 2.13. The van der Waals surface area contributed by atoms with Gasteiger partial charge in [-0.15, -0.1) is 0 Å². The van der Waals surface area contributed by atoms with E-state index in [1.165, 1.54) is 26.2 Å². The molecule has 1 aromatic carbocycles. The average molecular weight is 345 g/mol. The number of benzene rings is 1. The lowest BCUT2D eigenvalue weighted by atomic mass is 10.2. The monoisotopic (exact) mass is 345 g/mol. The van der Waals surface area contributed by atoms with Gasteiger partial charge in [-0.25, -0.2) is 12.7 Å². The Morgan fingerprint density at radius 2 is 1.91 bits per heavy atom. The largest absolute Gasteiger partial charge is 0.351 e. The van der Waals surface area contributed by atoms with E-state index < -0.39 is 16.1 Å². The van der Waals surface area contributed by atoms with Crippen LogP contribution in [0.5, 0.6) is 0 Å². The fraction of sp³-hybridized carbons (Fsp3) is 0.500. The van der Waals surface area contributed by atoms with Crippen LogP contribution in [0, 0.1) is 0 Å². The van der Waals surface area contributed by atoms with E-state index in [1.807, 2.05) is 6.26 Å². The van der Waals surface area contributed by atoms with Crippen LogP contribution in [0.1, 0.15) is 12.0 Å². The maximum atomic E-state index is 11.9. The van der Waals surface area contributed by atoms with Crippen LogP contribution in [0.15, 0.2) is 29.2 Å². The van der Waals surface area contributed by atoms with E-state index in [2.05, 4.69) is 5.32 Å². The standard InChI is InChI=1S/C14H23N3O3S2/c1-17(2)22(19,20)12-6-4-11(5-7-12)10-16-14(18)13(15)8-9-21-3/h4-7,13H,8-10,15H2,1-3H3,(H,16,18)/t13-/m0/s1. The highest BCUT2D eigenvalue weighted by atomic mass is 32.2. The topological polar surface area (TPSA) is 92.5 Å². The maximum Gasteiger partial charge on any atom is 0.242 e. The number of nitrogens with zero attached hydrogens (tertiary/aromatic N) is 1. The predicted molar refractivity (Wildman–Crippen MR) is 90.1 cm³/mol. The van der Waals surface area contributed by atoms with Gasteiger partial charge >= 0.3 is 0 Å². The Morgan fingerprint density at radius 1 is 1.32 bits per heavy atom. The summed E-state index contributed by atoms with van der Waals surface area (Å²) in [4.78, 5) is 12.0. The Hall–Kier alpha value is -1.09. The molecule has 0 aromatic heterocycles. The molecule has 0 radical (unpaired) electrons. The van der Waals surface area contributed by atoms with E-state index in [9.17, 15) is 13.2 Å². The van der Waals surface area contributed by atoms with Crippen molar-refractivity contribution in [3.8, 4) is 0 Å². The number of nitrogens with two attached hydrogens (primary N) is 1. The summed E-state index contributed by atoms with van der Waals surface area (Å²) in [7, 11) is -0.454. The van der Waals surface area contributed by atoms with E-state index in [0.29, 0.717) is 13.0 Å².